The van der Waals surface area contributed by atoms with Crippen molar-refractivity contribution >= 4 is 52.5 Å². The van der Waals surface area contributed by atoms with Crippen LogP contribution in [0.3, 0.4) is 0 Å². The maximum absolute atomic E-state index is 10.6. The van der Waals surface area contributed by atoms with Gasteiger partial charge < -0.3 is 45.2 Å². The Morgan fingerprint density at radius 1 is 0.833 bits per heavy atom. The van der Waals surface area contributed by atoms with Crippen LogP contribution in [-0.4, -0.2) is 58.4 Å². The summed E-state index contributed by atoms with van der Waals surface area (Å²) in [5.41, 5.74) is 20.0. The summed E-state index contributed by atoms with van der Waals surface area (Å²) in [5, 5.41) is 0. The third kappa shape index (κ3) is 10.1. The number of nitrogens with zero attached hydrogens (tertiary/aromatic N) is 2. The minimum absolute atomic E-state index is 0. The molecule has 2 aromatic carbocycles. The number of aromatic nitrogens is 4. The fourth-order valence-corrected chi connectivity index (χ4v) is 4.34. The van der Waals surface area contributed by atoms with E-state index >= 15 is 0 Å². The van der Waals surface area contributed by atoms with Crippen LogP contribution in [0.2, 0.25) is 0 Å². The first-order valence-electron chi connectivity index (χ1n) is 11.2. The van der Waals surface area contributed by atoms with E-state index in [2.05, 4.69) is 41.5 Å². The fourth-order valence-electron chi connectivity index (χ4n) is 3.49. The number of imidazole rings is 2. The molecule has 0 aliphatic carbocycles. The van der Waals surface area contributed by atoms with Crippen LogP contribution in [-0.2, 0) is 62.8 Å². The first-order valence-corrected chi connectivity index (χ1v) is 13.2. The van der Waals surface area contributed by atoms with E-state index in [0.717, 1.165) is 59.2 Å². The van der Waals surface area contributed by atoms with Crippen LogP contribution in [0.25, 0.3) is 45.1 Å². The van der Waals surface area contributed by atoms with Crippen molar-refractivity contribution in [2.24, 2.45) is 0 Å². The molecule has 4 aromatic rings. The number of hydrogen-bond acceptors (Lipinski definition) is 9. The van der Waals surface area contributed by atoms with Crippen molar-refractivity contribution in [2.75, 3.05) is 14.2 Å². The number of carbonyl (C=O) groups excluding carboxylic acids is 4. The molecule has 2 amide bonds. The number of hydrogen-bond donors (Lipinski definition) is 2. The molecule has 1 aliphatic rings. The van der Waals surface area contributed by atoms with Crippen molar-refractivity contribution in [2.45, 2.75) is 6.61 Å². The first-order chi connectivity index (χ1) is 19.3. The normalized spacial score (nSPS) is 10.7. The molecule has 17 heteroatoms. The second-order valence-electron chi connectivity index (χ2n) is 7.60. The van der Waals surface area contributed by atoms with Gasteiger partial charge in [0.25, 0.3) is 0 Å². The minimum Gasteiger partial charge on any atom is -0.632 e. The van der Waals surface area contributed by atoms with Crippen molar-refractivity contribution in [3.05, 3.63) is 65.8 Å². The molecule has 2 atom stereocenters. The molecule has 13 nitrogen and oxygen atoms in total. The molecule has 4 N–H and O–H groups in total. The molecule has 42 heavy (non-hydrogen) atoms. The van der Waals surface area contributed by atoms with Crippen LogP contribution in [0.15, 0.2) is 48.8 Å². The third-order valence-electron chi connectivity index (χ3n) is 5.24. The predicted octanol–water partition coefficient (Wildman–Crippen LogP) is 4.37. The maximum atomic E-state index is 10.6. The largest absolute Gasteiger partial charge is 2.00 e. The topological polar surface area (TPSA) is 201 Å². The average molecular weight is 682 g/mol. The van der Waals surface area contributed by atoms with E-state index in [4.69, 9.17) is 16.2 Å². The Bertz CT molecular complexity index is 1400. The average Bonchev–Trinajstić information content (AvgIpc) is 3.63. The zero-order chi connectivity index (χ0) is 29.1. The van der Waals surface area contributed by atoms with Crippen LogP contribution >= 0.6 is 17.2 Å². The number of H-pyrrole nitrogens is 2. The van der Waals surface area contributed by atoms with Crippen molar-refractivity contribution in [1.29, 1.82) is 0 Å². The van der Waals surface area contributed by atoms with E-state index in [1.807, 2.05) is 36.3 Å². The van der Waals surface area contributed by atoms with Gasteiger partial charge in [-0.2, -0.15) is 17.2 Å². The first kappa shape index (κ1) is 36.6. The number of nitrogens with one attached hydrogen (secondary N) is 4. The summed E-state index contributed by atoms with van der Waals surface area (Å²) in [7, 11) is 2.12. The van der Waals surface area contributed by atoms with Gasteiger partial charge >= 0.3 is 37.1 Å². The molecule has 0 bridgehead atoms. The molecule has 5 rings (SSSR count). The monoisotopic (exact) mass is 682 g/mol. The van der Waals surface area contributed by atoms with Gasteiger partial charge in [-0.15, -0.1) is 0 Å². The molecule has 1 aliphatic heterocycles. The Labute approximate surface area is 268 Å². The summed E-state index contributed by atoms with van der Waals surface area (Å²) < 4.78 is 13.6. The number of ether oxygens (including phenoxy) is 3. The second-order valence-corrected chi connectivity index (χ2v) is 9.46. The van der Waals surface area contributed by atoms with E-state index in [1.54, 1.807) is 12.4 Å². The second kappa shape index (κ2) is 18.2. The molecule has 3 heterocycles. The maximum Gasteiger partial charge on any atom is 2.00 e. The number of fused-ring (bicyclic) bond motifs is 3. The Balaban J connectivity index is 0.000000640. The zero-order valence-electron chi connectivity index (χ0n) is 22.0. The summed E-state index contributed by atoms with van der Waals surface area (Å²) in [6.45, 7) is 0.459. The van der Waals surface area contributed by atoms with Crippen LogP contribution in [0.5, 0.6) is 5.75 Å². The summed E-state index contributed by atoms with van der Waals surface area (Å²) in [6.07, 6.45) is 1.45. The Morgan fingerprint density at radius 3 is 1.74 bits per heavy atom. The van der Waals surface area contributed by atoms with Crippen molar-refractivity contribution in [3.8, 4) is 39.4 Å². The Hall–Kier alpha value is -3.43. The quantitative estimate of drug-likeness (QED) is 0.219. The molecular weight excluding hydrogens is 660 g/mol. The van der Waals surface area contributed by atoms with Crippen molar-refractivity contribution in [3.63, 3.8) is 0 Å². The molecular formula is C25H22N6O7P2V2. The van der Waals surface area contributed by atoms with Gasteiger partial charge in [0.2, 0.25) is 12.2 Å². The third-order valence-corrected chi connectivity index (χ3v) is 6.43. The molecule has 0 saturated carbocycles. The van der Waals surface area contributed by atoms with Crippen LogP contribution in [0.4, 0.5) is 9.59 Å². The van der Waals surface area contributed by atoms with Gasteiger partial charge in [-0.1, -0.05) is 18.2 Å². The molecule has 0 saturated heterocycles. The number of rotatable bonds is 6. The van der Waals surface area contributed by atoms with Gasteiger partial charge in [0, 0.05) is 11.1 Å². The molecule has 0 fully saturated rings. The molecule has 2 aromatic heterocycles. The van der Waals surface area contributed by atoms with Gasteiger partial charge in [-0.05, 0) is 34.9 Å². The van der Waals surface area contributed by atoms with Crippen molar-refractivity contribution < 1.29 is 70.5 Å². The van der Waals surface area contributed by atoms with Crippen LogP contribution in [0, 0.1) is 0 Å². The van der Waals surface area contributed by atoms with Crippen LogP contribution in [0.1, 0.15) is 5.56 Å². The molecule has 214 valence electrons. The summed E-state index contributed by atoms with van der Waals surface area (Å²) in [5.74, 6) is 0.805. The van der Waals surface area contributed by atoms with Gasteiger partial charge in [0.15, 0.2) is 0 Å². The number of methoxy groups -OCH3 is 2. The van der Waals surface area contributed by atoms with E-state index in [1.165, 1.54) is 0 Å². The predicted molar refractivity (Wildman–Crippen MR) is 152 cm³/mol. The number of carbonyl (C=O) groups is 2. The van der Waals surface area contributed by atoms with Gasteiger partial charge in [0.1, 0.15) is 12.4 Å². The van der Waals surface area contributed by atoms with Crippen molar-refractivity contribution in [1.82, 2.24) is 19.9 Å². The van der Waals surface area contributed by atoms with E-state index in [9.17, 15) is 19.2 Å². The smallest absolute Gasteiger partial charge is 0.632 e. The Morgan fingerprint density at radius 2 is 1.29 bits per heavy atom. The Kier molecular flexibility index (Phi) is 15.8. The van der Waals surface area contributed by atoms with Gasteiger partial charge in [-0.3, -0.25) is 9.59 Å². The molecule has 2 unspecified atom stereocenters. The van der Waals surface area contributed by atoms with Crippen LogP contribution < -0.4 is 15.9 Å². The standard InChI is InChI=1S/C21H14N4O3P2.2C2H5NO2.2V/c26-10-29-20-22-7-17(24-20)12-1-3-15-14(5-12)9-28-19-6-13(2-4-16(15)19)18-8-23-21(25-18)30-11-27;2*1-5-2(3)4;;/h1-8,29-30H,9H2,(H,22,24)(H,23,25);2*1H3,(H2,3,4);;/q-2;;;2*+2/p-2. The molecule has 2 radical (unpaired) electrons. The summed E-state index contributed by atoms with van der Waals surface area (Å²) >= 11 is 0. The van der Waals surface area contributed by atoms with Gasteiger partial charge in [-0.25, -0.2) is 22.0 Å². The molecule has 0 spiro atoms. The fraction of sp³-hybridized carbons (Fsp3) is 0.120. The zero-order valence-corrected chi connectivity index (χ0v) is 26.8. The van der Waals surface area contributed by atoms with E-state index < -0.39 is 12.2 Å². The van der Waals surface area contributed by atoms with Gasteiger partial charge in [0.05, 0.1) is 49.1 Å². The van der Waals surface area contributed by atoms with E-state index in [-0.39, 0.29) is 54.3 Å². The summed E-state index contributed by atoms with van der Waals surface area (Å²) in [4.78, 5) is 54.4. The SMILES string of the molecule is COC([NH-])=O.COC([NH-])=O.O=[C-]Pc1ncc(-c2ccc3c(c2)COc2cc(-c4cnc(P[C-]=O)[nH]4)ccc2-3)[nH]1.[V+2].[V+2]. The minimum atomic E-state index is -0.995. The number of aromatic amines is 2. The summed E-state index contributed by atoms with van der Waals surface area (Å²) in [6, 6.07) is 16.0. The number of amides is 2. The van der Waals surface area contributed by atoms with E-state index in [0.29, 0.717) is 17.7 Å². The number of benzene rings is 2.